The van der Waals surface area contributed by atoms with Gasteiger partial charge in [-0.1, -0.05) is 66.7 Å². The van der Waals surface area contributed by atoms with Crippen LogP contribution in [-0.4, -0.2) is 34.6 Å². The Labute approximate surface area is 288 Å². The van der Waals surface area contributed by atoms with Gasteiger partial charge in [0.1, 0.15) is 18.1 Å². The summed E-state index contributed by atoms with van der Waals surface area (Å²) in [7, 11) is 0. The van der Waals surface area contributed by atoms with Crippen LogP contribution >= 0.6 is 11.8 Å². The van der Waals surface area contributed by atoms with Gasteiger partial charge in [0.05, 0.1) is 11.3 Å². The molecule has 0 aliphatic carbocycles. The molecule has 0 aliphatic rings. The van der Waals surface area contributed by atoms with Gasteiger partial charge in [-0.05, 0) is 90.4 Å². The van der Waals surface area contributed by atoms with E-state index in [1.165, 1.54) is 23.9 Å². The van der Waals surface area contributed by atoms with E-state index in [1.54, 1.807) is 97.9 Å². The van der Waals surface area contributed by atoms with Crippen LogP contribution in [0.5, 0.6) is 5.75 Å². The normalized spacial score (nSPS) is 10.9. The predicted octanol–water partition coefficient (Wildman–Crippen LogP) is 7.41. The van der Waals surface area contributed by atoms with Crippen LogP contribution in [0.4, 0.5) is 11.4 Å². The minimum Gasteiger partial charge on any atom is -0.489 e. The molecule has 5 rings (SSSR count). The van der Waals surface area contributed by atoms with E-state index in [-0.39, 0.29) is 22.9 Å². The maximum absolute atomic E-state index is 13.5. The average Bonchev–Trinajstić information content (AvgIpc) is 3.12. The quantitative estimate of drug-likeness (QED) is 0.0757. The van der Waals surface area contributed by atoms with E-state index in [2.05, 4.69) is 16.0 Å². The SMILES string of the molecule is Cc1ccc(C(=O)O)cc1NC(=O)CSc1ccc(NC(=O)/C(=C/c2ccc(OCc3ccccc3)cc2)NC(=O)c2ccccc2)cc1. The summed E-state index contributed by atoms with van der Waals surface area (Å²) in [6, 6.07) is 37.1. The number of anilines is 2. The van der Waals surface area contributed by atoms with Crippen LogP contribution in [0, 0.1) is 6.92 Å². The number of benzene rings is 5. The van der Waals surface area contributed by atoms with E-state index in [0.29, 0.717) is 34.9 Å². The molecule has 0 saturated heterocycles. The molecule has 0 unspecified atom stereocenters. The minimum atomic E-state index is -1.07. The zero-order chi connectivity index (χ0) is 34.6. The Balaban J connectivity index is 1.22. The Morgan fingerprint density at radius 3 is 2.10 bits per heavy atom. The molecule has 9 nitrogen and oxygen atoms in total. The number of carbonyl (C=O) groups is 4. The lowest BCUT2D eigenvalue weighted by molar-refractivity contribution is -0.114. The molecular formula is C39H33N3O6S. The number of aromatic carboxylic acids is 1. The van der Waals surface area contributed by atoms with Crippen LogP contribution in [0.25, 0.3) is 6.08 Å². The Morgan fingerprint density at radius 2 is 1.43 bits per heavy atom. The van der Waals surface area contributed by atoms with Crippen LogP contribution in [0.3, 0.4) is 0 Å². The molecule has 0 atom stereocenters. The monoisotopic (exact) mass is 671 g/mol. The number of carboxylic acids is 1. The van der Waals surface area contributed by atoms with Crippen LogP contribution in [-0.2, 0) is 16.2 Å². The third kappa shape index (κ3) is 10.2. The van der Waals surface area contributed by atoms with E-state index in [1.807, 2.05) is 30.3 Å². The first-order valence-electron chi connectivity index (χ1n) is 15.3. The van der Waals surface area contributed by atoms with Crippen molar-refractivity contribution in [2.24, 2.45) is 0 Å². The molecule has 0 saturated carbocycles. The van der Waals surface area contributed by atoms with E-state index < -0.39 is 17.8 Å². The molecule has 5 aromatic rings. The molecule has 246 valence electrons. The third-order valence-corrected chi connectivity index (χ3v) is 8.22. The maximum Gasteiger partial charge on any atom is 0.335 e. The van der Waals surface area contributed by atoms with Crippen molar-refractivity contribution in [2.45, 2.75) is 18.4 Å². The number of carboxylic acid groups (broad SMARTS) is 1. The van der Waals surface area contributed by atoms with Crippen molar-refractivity contribution in [3.8, 4) is 5.75 Å². The molecular weight excluding hydrogens is 639 g/mol. The molecule has 0 bridgehead atoms. The lowest BCUT2D eigenvalue weighted by Gasteiger charge is -2.12. The van der Waals surface area contributed by atoms with E-state index in [4.69, 9.17) is 4.74 Å². The molecule has 0 aromatic heterocycles. The molecule has 0 radical (unpaired) electrons. The molecule has 49 heavy (non-hydrogen) atoms. The van der Waals surface area contributed by atoms with Crippen molar-refractivity contribution >= 4 is 52.9 Å². The Kier molecular flexibility index (Phi) is 11.6. The van der Waals surface area contributed by atoms with Gasteiger partial charge in [-0.25, -0.2) is 4.79 Å². The second-order valence-electron chi connectivity index (χ2n) is 10.9. The van der Waals surface area contributed by atoms with Crippen LogP contribution in [0.1, 0.15) is 37.4 Å². The lowest BCUT2D eigenvalue weighted by Crippen LogP contribution is -2.30. The molecule has 0 fully saturated rings. The second-order valence-corrected chi connectivity index (χ2v) is 11.9. The second kappa shape index (κ2) is 16.6. The highest BCUT2D eigenvalue weighted by atomic mass is 32.2. The third-order valence-electron chi connectivity index (χ3n) is 7.21. The highest BCUT2D eigenvalue weighted by Gasteiger charge is 2.16. The molecule has 3 amide bonds. The first-order chi connectivity index (χ1) is 23.7. The van der Waals surface area contributed by atoms with Crippen molar-refractivity contribution in [3.63, 3.8) is 0 Å². The zero-order valence-corrected chi connectivity index (χ0v) is 27.3. The van der Waals surface area contributed by atoms with E-state index in [0.717, 1.165) is 16.0 Å². The number of aryl methyl sites for hydroxylation is 1. The largest absolute Gasteiger partial charge is 0.489 e. The van der Waals surface area contributed by atoms with Gasteiger partial charge in [0.2, 0.25) is 5.91 Å². The number of hydrogen-bond acceptors (Lipinski definition) is 6. The van der Waals surface area contributed by atoms with Crippen LogP contribution in [0.2, 0.25) is 0 Å². The lowest BCUT2D eigenvalue weighted by atomic mass is 10.1. The topological polar surface area (TPSA) is 134 Å². The number of rotatable bonds is 13. The van der Waals surface area contributed by atoms with Crippen LogP contribution < -0.4 is 20.7 Å². The first-order valence-corrected chi connectivity index (χ1v) is 16.2. The summed E-state index contributed by atoms with van der Waals surface area (Å²) in [5.41, 5.74) is 3.95. The van der Waals surface area contributed by atoms with Crippen molar-refractivity contribution in [1.82, 2.24) is 5.32 Å². The fourth-order valence-electron chi connectivity index (χ4n) is 4.57. The Morgan fingerprint density at radius 1 is 0.755 bits per heavy atom. The van der Waals surface area contributed by atoms with Crippen LogP contribution in [0.15, 0.2) is 138 Å². The highest BCUT2D eigenvalue weighted by molar-refractivity contribution is 8.00. The summed E-state index contributed by atoms with van der Waals surface area (Å²) in [4.78, 5) is 51.1. The number of hydrogen-bond donors (Lipinski definition) is 4. The molecule has 5 aromatic carbocycles. The number of ether oxygens (including phenoxy) is 1. The van der Waals surface area contributed by atoms with Crippen molar-refractivity contribution in [2.75, 3.05) is 16.4 Å². The molecule has 0 heterocycles. The van der Waals surface area contributed by atoms with Gasteiger partial charge in [0.15, 0.2) is 0 Å². The van der Waals surface area contributed by atoms with Crippen molar-refractivity contribution < 1.29 is 29.0 Å². The summed E-state index contributed by atoms with van der Waals surface area (Å²) in [6.07, 6.45) is 1.59. The van der Waals surface area contributed by atoms with Crippen molar-refractivity contribution in [3.05, 3.63) is 161 Å². The summed E-state index contributed by atoms with van der Waals surface area (Å²) < 4.78 is 5.87. The van der Waals surface area contributed by atoms with Gasteiger partial charge in [-0.15, -0.1) is 11.8 Å². The van der Waals surface area contributed by atoms with Crippen molar-refractivity contribution in [1.29, 1.82) is 0 Å². The number of thioether (sulfide) groups is 1. The van der Waals surface area contributed by atoms with Gasteiger partial charge in [-0.3, -0.25) is 14.4 Å². The summed E-state index contributed by atoms with van der Waals surface area (Å²) >= 11 is 1.29. The fraction of sp³-hybridized carbons (Fsp3) is 0.0769. The number of carbonyl (C=O) groups excluding carboxylic acids is 3. The van der Waals surface area contributed by atoms with E-state index in [9.17, 15) is 24.3 Å². The average molecular weight is 672 g/mol. The molecule has 0 aliphatic heterocycles. The Hall–Kier alpha value is -6.13. The zero-order valence-electron chi connectivity index (χ0n) is 26.5. The minimum absolute atomic E-state index is 0.0455. The maximum atomic E-state index is 13.5. The summed E-state index contributed by atoms with van der Waals surface area (Å²) in [5, 5.41) is 17.6. The summed E-state index contributed by atoms with van der Waals surface area (Å²) in [5.74, 6) is -1.55. The predicted molar refractivity (Wildman–Crippen MR) is 192 cm³/mol. The summed E-state index contributed by atoms with van der Waals surface area (Å²) in [6.45, 7) is 2.21. The molecule has 0 spiro atoms. The Bertz CT molecular complexity index is 1960. The first kappa shape index (κ1) is 34.2. The highest BCUT2D eigenvalue weighted by Crippen LogP contribution is 2.23. The van der Waals surface area contributed by atoms with Gasteiger partial charge in [0.25, 0.3) is 11.8 Å². The van der Waals surface area contributed by atoms with Gasteiger partial charge >= 0.3 is 5.97 Å². The number of amides is 3. The standard InChI is InChI=1S/C39H33N3O6S/c1-26-12-15-30(39(46)47)23-34(26)41-36(43)25-49-33-20-16-31(17-21-33)40-38(45)35(42-37(44)29-10-6-3-7-11-29)22-27-13-18-32(19-14-27)48-24-28-8-4-2-5-9-28/h2-23H,24-25H2,1H3,(H,40,45)(H,41,43)(H,42,44)(H,46,47)/b35-22-. The molecule has 10 heteroatoms. The van der Waals surface area contributed by atoms with Gasteiger partial charge < -0.3 is 25.8 Å². The van der Waals surface area contributed by atoms with E-state index >= 15 is 0 Å². The number of nitrogens with one attached hydrogen (secondary N) is 3. The van der Waals surface area contributed by atoms with Gasteiger partial charge in [-0.2, -0.15) is 0 Å². The smallest absolute Gasteiger partial charge is 0.335 e. The van der Waals surface area contributed by atoms with Gasteiger partial charge in [0, 0.05) is 21.8 Å². The fourth-order valence-corrected chi connectivity index (χ4v) is 5.27. The molecule has 4 N–H and O–H groups in total.